The molecule has 6 heteroatoms. The fourth-order valence-electron chi connectivity index (χ4n) is 6.74. The summed E-state index contributed by atoms with van der Waals surface area (Å²) < 4.78 is 5.01. The number of rotatable bonds is 4. The number of aromatic nitrogens is 1. The fraction of sp³-hybridized carbons (Fsp3) is 0.0500. The minimum absolute atomic E-state index is 0.150. The van der Waals surface area contributed by atoms with Crippen molar-refractivity contribution in [3.05, 3.63) is 162 Å². The third kappa shape index (κ3) is 4.29. The van der Waals surface area contributed by atoms with Crippen LogP contribution in [0.2, 0.25) is 0 Å². The van der Waals surface area contributed by atoms with Gasteiger partial charge in [-0.2, -0.15) is 5.26 Å². The number of para-hydroxylation sites is 1. The molecule has 0 bridgehead atoms. The first-order valence-electron chi connectivity index (χ1n) is 15.3. The van der Waals surface area contributed by atoms with Gasteiger partial charge in [0, 0.05) is 37.5 Å². The summed E-state index contributed by atoms with van der Waals surface area (Å²) in [7, 11) is 0. The standard InChI is InChI=1S/C40H27N5S/c41-24-25-9-8-12-28(23-25)40-43-38(26-10-2-1-3-11-26)42-39(44-40)27-17-19-29(20-18-27)45-34-15-6-4-13-30(34)32-21-22-33-31-14-5-7-16-35(31)46-37(33)36(32)45/h1-23,38,40,43H,(H,42,44). The van der Waals surface area contributed by atoms with E-state index in [9.17, 15) is 5.26 Å². The zero-order valence-corrected chi connectivity index (χ0v) is 25.5. The van der Waals surface area contributed by atoms with Gasteiger partial charge in [0.15, 0.2) is 0 Å². The molecule has 0 amide bonds. The number of nitrogens with zero attached hydrogens (tertiary/aromatic N) is 3. The number of hydrogen-bond donors (Lipinski definition) is 2. The van der Waals surface area contributed by atoms with E-state index in [-0.39, 0.29) is 12.3 Å². The summed E-state index contributed by atoms with van der Waals surface area (Å²) in [6, 6.07) is 50.9. The predicted molar refractivity (Wildman–Crippen MR) is 190 cm³/mol. The summed E-state index contributed by atoms with van der Waals surface area (Å²) in [4.78, 5) is 5.11. The van der Waals surface area contributed by atoms with Gasteiger partial charge in [-0.05, 0) is 59.7 Å². The van der Waals surface area contributed by atoms with Gasteiger partial charge in [0.2, 0.25) is 0 Å². The minimum atomic E-state index is -0.312. The van der Waals surface area contributed by atoms with Gasteiger partial charge in [-0.15, -0.1) is 11.3 Å². The van der Waals surface area contributed by atoms with E-state index < -0.39 is 0 Å². The van der Waals surface area contributed by atoms with E-state index in [1.54, 1.807) is 0 Å². The summed E-state index contributed by atoms with van der Waals surface area (Å²) in [6.07, 6.45) is -0.462. The first-order chi connectivity index (χ1) is 22.7. The Kier molecular flexibility index (Phi) is 6.20. The highest BCUT2D eigenvalue weighted by Gasteiger charge is 2.26. The minimum Gasteiger partial charge on any atom is -0.350 e. The van der Waals surface area contributed by atoms with Crippen LogP contribution in [0.15, 0.2) is 145 Å². The average Bonchev–Trinajstić information content (AvgIpc) is 3.68. The monoisotopic (exact) mass is 609 g/mol. The molecule has 0 aliphatic carbocycles. The third-order valence-electron chi connectivity index (χ3n) is 8.91. The van der Waals surface area contributed by atoms with E-state index in [4.69, 9.17) is 4.99 Å². The van der Waals surface area contributed by atoms with Gasteiger partial charge in [-0.1, -0.05) is 91.0 Å². The SMILES string of the molecule is N#Cc1cccc(C2N=C(c3ccc(-n4c5ccccc5c5ccc6c7ccccc7sc6c54)cc3)NC(c3ccccc3)N2)c1. The second kappa shape index (κ2) is 10.7. The quantitative estimate of drug-likeness (QED) is 0.209. The predicted octanol–water partition coefficient (Wildman–Crippen LogP) is 9.36. The van der Waals surface area contributed by atoms with Crippen molar-refractivity contribution in [2.45, 2.75) is 12.3 Å². The van der Waals surface area contributed by atoms with Crippen LogP contribution >= 0.6 is 11.3 Å². The van der Waals surface area contributed by atoms with E-state index in [0.717, 1.165) is 28.2 Å². The zero-order valence-electron chi connectivity index (χ0n) is 24.7. The van der Waals surface area contributed by atoms with Crippen LogP contribution in [0.25, 0.3) is 47.7 Å². The van der Waals surface area contributed by atoms with Crippen molar-refractivity contribution in [1.29, 1.82) is 5.26 Å². The number of fused-ring (bicyclic) bond motifs is 7. The number of nitriles is 1. The molecule has 0 saturated carbocycles. The van der Waals surface area contributed by atoms with E-state index in [0.29, 0.717) is 5.56 Å². The van der Waals surface area contributed by atoms with Gasteiger partial charge >= 0.3 is 0 Å². The molecule has 0 spiro atoms. The van der Waals surface area contributed by atoms with E-state index in [1.165, 1.54) is 42.0 Å². The highest BCUT2D eigenvalue weighted by Crippen LogP contribution is 2.42. The molecule has 6 aromatic carbocycles. The first kappa shape index (κ1) is 26.6. The number of amidine groups is 1. The normalized spacial score (nSPS) is 16.5. The number of aliphatic imine (C=N–C) groups is 1. The molecule has 2 unspecified atom stereocenters. The van der Waals surface area contributed by atoms with E-state index >= 15 is 0 Å². The Balaban J connectivity index is 1.18. The zero-order chi connectivity index (χ0) is 30.6. The topological polar surface area (TPSA) is 65.1 Å². The summed E-state index contributed by atoms with van der Waals surface area (Å²) in [5, 5.41) is 21.9. The van der Waals surface area contributed by atoms with Crippen LogP contribution < -0.4 is 10.6 Å². The number of hydrogen-bond acceptors (Lipinski definition) is 5. The summed E-state index contributed by atoms with van der Waals surface area (Å²) >= 11 is 1.86. The number of benzene rings is 6. The lowest BCUT2D eigenvalue weighted by Gasteiger charge is -2.32. The fourth-order valence-corrected chi connectivity index (χ4v) is 7.98. The molecular weight excluding hydrogens is 583 g/mol. The first-order valence-corrected chi connectivity index (χ1v) is 16.2. The molecule has 46 heavy (non-hydrogen) atoms. The van der Waals surface area contributed by atoms with Gasteiger partial charge < -0.3 is 9.88 Å². The Labute approximate surface area is 269 Å². The van der Waals surface area contributed by atoms with Crippen molar-refractivity contribution >= 4 is 59.2 Å². The van der Waals surface area contributed by atoms with Gasteiger partial charge in [-0.3, -0.25) is 5.32 Å². The second-order valence-corrected chi connectivity index (χ2v) is 12.7. The Bertz CT molecular complexity index is 2500. The number of thiophene rings is 1. The Morgan fingerprint density at radius 1 is 0.674 bits per heavy atom. The second-order valence-electron chi connectivity index (χ2n) is 11.6. The molecule has 0 saturated heterocycles. The Morgan fingerprint density at radius 3 is 2.26 bits per heavy atom. The van der Waals surface area contributed by atoms with Crippen LogP contribution in [0.3, 0.4) is 0 Å². The average molecular weight is 610 g/mol. The molecule has 2 N–H and O–H groups in total. The van der Waals surface area contributed by atoms with Crippen LogP contribution in [-0.2, 0) is 0 Å². The van der Waals surface area contributed by atoms with Crippen LogP contribution in [0.1, 0.15) is 34.6 Å². The van der Waals surface area contributed by atoms with Crippen molar-refractivity contribution in [3.63, 3.8) is 0 Å². The molecule has 8 aromatic rings. The third-order valence-corrected chi connectivity index (χ3v) is 10.1. The molecular formula is C40H27N5S. The van der Waals surface area contributed by atoms with Gasteiger partial charge in [-0.25, -0.2) is 4.99 Å². The molecule has 5 nitrogen and oxygen atoms in total. The molecule has 3 heterocycles. The van der Waals surface area contributed by atoms with E-state index in [1.807, 2.05) is 53.8 Å². The summed E-state index contributed by atoms with van der Waals surface area (Å²) in [5.41, 5.74) is 7.22. The van der Waals surface area contributed by atoms with E-state index in [2.05, 4.69) is 118 Å². The molecule has 0 radical (unpaired) electrons. The van der Waals surface area contributed by atoms with Gasteiger partial charge in [0.05, 0.1) is 27.4 Å². The highest BCUT2D eigenvalue weighted by atomic mass is 32.1. The maximum atomic E-state index is 9.53. The molecule has 0 fully saturated rings. The van der Waals surface area contributed by atoms with Crippen LogP contribution in [0.4, 0.5) is 0 Å². The van der Waals surface area contributed by atoms with Crippen molar-refractivity contribution in [1.82, 2.24) is 15.2 Å². The van der Waals surface area contributed by atoms with Gasteiger partial charge in [0.1, 0.15) is 18.2 Å². The summed E-state index contributed by atoms with van der Waals surface area (Å²) in [6.45, 7) is 0. The molecule has 218 valence electrons. The largest absolute Gasteiger partial charge is 0.350 e. The lowest BCUT2D eigenvalue weighted by molar-refractivity contribution is 0.409. The maximum absolute atomic E-state index is 9.53. The van der Waals surface area contributed by atoms with Crippen molar-refractivity contribution in [3.8, 4) is 11.8 Å². The summed E-state index contributed by atoms with van der Waals surface area (Å²) in [5.74, 6) is 0.806. The lowest BCUT2D eigenvalue weighted by Crippen LogP contribution is -2.44. The van der Waals surface area contributed by atoms with Crippen molar-refractivity contribution in [2.24, 2.45) is 4.99 Å². The van der Waals surface area contributed by atoms with Crippen LogP contribution in [0, 0.1) is 11.3 Å². The lowest BCUT2D eigenvalue weighted by atomic mass is 10.1. The molecule has 1 aliphatic rings. The Hall–Kier alpha value is -5.74. The molecule has 2 atom stereocenters. The van der Waals surface area contributed by atoms with Gasteiger partial charge in [0.25, 0.3) is 0 Å². The van der Waals surface area contributed by atoms with Crippen LogP contribution in [-0.4, -0.2) is 10.4 Å². The molecule has 2 aromatic heterocycles. The number of nitrogens with one attached hydrogen (secondary N) is 2. The van der Waals surface area contributed by atoms with Crippen LogP contribution in [0.5, 0.6) is 0 Å². The maximum Gasteiger partial charge on any atom is 0.131 e. The molecule has 1 aliphatic heterocycles. The smallest absolute Gasteiger partial charge is 0.131 e. The Morgan fingerprint density at radius 2 is 1.41 bits per heavy atom. The molecule has 9 rings (SSSR count). The van der Waals surface area contributed by atoms with Crippen molar-refractivity contribution in [2.75, 3.05) is 0 Å². The van der Waals surface area contributed by atoms with Crippen molar-refractivity contribution < 1.29 is 0 Å². The highest BCUT2D eigenvalue weighted by molar-refractivity contribution is 7.26.